The molecule has 1 fully saturated rings. The van der Waals surface area contributed by atoms with Crippen LogP contribution >= 0.6 is 0 Å². The Bertz CT molecular complexity index is 334. The Kier molecular flexibility index (Phi) is 1.77. The lowest BCUT2D eigenvalue weighted by molar-refractivity contribution is -0.0383. The van der Waals surface area contributed by atoms with Crippen LogP contribution in [0.1, 0.15) is 24.8 Å². The molecule has 3 heteroatoms. The van der Waals surface area contributed by atoms with Crippen molar-refractivity contribution < 1.29 is 9.50 Å². The highest BCUT2D eigenvalue weighted by Crippen LogP contribution is 2.43. The average molecular weight is 181 g/mol. The second-order valence-electron chi connectivity index (χ2n) is 3.62. The minimum Gasteiger partial charge on any atom is -0.398 e. The first-order valence-corrected chi connectivity index (χ1v) is 4.40. The van der Waals surface area contributed by atoms with E-state index in [1.165, 1.54) is 18.2 Å². The second-order valence-corrected chi connectivity index (χ2v) is 3.62. The lowest BCUT2D eigenvalue weighted by Gasteiger charge is -2.37. The number of hydrogen-bond donors (Lipinski definition) is 2. The van der Waals surface area contributed by atoms with Crippen LogP contribution in [0.15, 0.2) is 18.2 Å². The predicted molar refractivity (Wildman–Crippen MR) is 48.6 cm³/mol. The van der Waals surface area contributed by atoms with Crippen LogP contribution < -0.4 is 5.73 Å². The van der Waals surface area contributed by atoms with E-state index in [0.717, 1.165) is 6.42 Å². The monoisotopic (exact) mass is 181 g/mol. The summed E-state index contributed by atoms with van der Waals surface area (Å²) in [5, 5.41) is 9.94. The summed E-state index contributed by atoms with van der Waals surface area (Å²) >= 11 is 0. The molecule has 0 aliphatic heterocycles. The highest BCUT2D eigenvalue weighted by Gasteiger charge is 2.37. The largest absolute Gasteiger partial charge is 0.398 e. The lowest BCUT2D eigenvalue weighted by atomic mass is 9.74. The first-order chi connectivity index (χ1) is 6.12. The smallest absolute Gasteiger partial charge is 0.123 e. The summed E-state index contributed by atoms with van der Waals surface area (Å²) in [6.45, 7) is 0. The van der Waals surface area contributed by atoms with Crippen molar-refractivity contribution in [3.05, 3.63) is 29.6 Å². The van der Waals surface area contributed by atoms with Crippen molar-refractivity contribution in [3.63, 3.8) is 0 Å². The van der Waals surface area contributed by atoms with E-state index in [0.29, 0.717) is 24.1 Å². The van der Waals surface area contributed by atoms with E-state index in [1.54, 1.807) is 0 Å². The van der Waals surface area contributed by atoms with Crippen LogP contribution in [0.4, 0.5) is 10.1 Å². The van der Waals surface area contributed by atoms with E-state index >= 15 is 0 Å². The topological polar surface area (TPSA) is 46.2 Å². The third kappa shape index (κ3) is 1.29. The summed E-state index contributed by atoms with van der Waals surface area (Å²) in [6.07, 6.45) is 2.34. The van der Waals surface area contributed by atoms with Crippen molar-refractivity contribution in [2.24, 2.45) is 0 Å². The number of nitrogen functional groups attached to an aromatic ring is 1. The fourth-order valence-electron chi connectivity index (χ4n) is 1.71. The molecule has 0 radical (unpaired) electrons. The zero-order chi connectivity index (χ0) is 9.47. The summed E-state index contributed by atoms with van der Waals surface area (Å²) in [6, 6.07) is 4.14. The van der Waals surface area contributed by atoms with Crippen LogP contribution in [-0.4, -0.2) is 5.11 Å². The standard InChI is InChI=1S/C10H12FNO/c11-7-2-3-9(12)8(6-7)10(13)4-1-5-10/h2-3,6,13H,1,4-5,12H2. The van der Waals surface area contributed by atoms with E-state index in [9.17, 15) is 9.50 Å². The molecule has 1 aromatic carbocycles. The lowest BCUT2D eigenvalue weighted by Crippen LogP contribution is -2.34. The fraction of sp³-hybridized carbons (Fsp3) is 0.400. The van der Waals surface area contributed by atoms with Gasteiger partial charge in [0.1, 0.15) is 5.82 Å². The van der Waals surface area contributed by atoms with Gasteiger partial charge in [-0.15, -0.1) is 0 Å². The summed E-state index contributed by atoms with van der Waals surface area (Å²) in [7, 11) is 0. The molecule has 0 saturated heterocycles. The number of hydrogen-bond acceptors (Lipinski definition) is 2. The SMILES string of the molecule is Nc1ccc(F)cc1C1(O)CCC1. The molecule has 70 valence electrons. The molecule has 13 heavy (non-hydrogen) atoms. The van der Waals surface area contributed by atoms with Gasteiger partial charge < -0.3 is 10.8 Å². The summed E-state index contributed by atoms with van der Waals surface area (Å²) in [5.41, 5.74) is 5.81. The summed E-state index contributed by atoms with van der Waals surface area (Å²) < 4.78 is 12.9. The van der Waals surface area contributed by atoms with Crippen molar-refractivity contribution >= 4 is 5.69 Å². The number of nitrogens with two attached hydrogens (primary N) is 1. The van der Waals surface area contributed by atoms with Crippen molar-refractivity contribution in [1.29, 1.82) is 0 Å². The Hall–Kier alpha value is -1.09. The first-order valence-electron chi connectivity index (χ1n) is 4.40. The number of anilines is 1. The van der Waals surface area contributed by atoms with E-state index in [1.807, 2.05) is 0 Å². The maximum Gasteiger partial charge on any atom is 0.123 e. The van der Waals surface area contributed by atoms with Crippen LogP contribution in [-0.2, 0) is 5.60 Å². The maximum absolute atomic E-state index is 12.9. The summed E-state index contributed by atoms with van der Waals surface area (Å²) in [5.74, 6) is -0.343. The highest BCUT2D eigenvalue weighted by atomic mass is 19.1. The highest BCUT2D eigenvalue weighted by molar-refractivity contribution is 5.50. The molecule has 3 N–H and O–H groups in total. The van der Waals surface area contributed by atoms with Gasteiger partial charge in [0.05, 0.1) is 5.60 Å². The van der Waals surface area contributed by atoms with Gasteiger partial charge in [0.15, 0.2) is 0 Å². The predicted octanol–water partition coefficient (Wildman–Crippen LogP) is 1.78. The zero-order valence-electron chi connectivity index (χ0n) is 7.26. The number of benzene rings is 1. The van der Waals surface area contributed by atoms with E-state index < -0.39 is 5.60 Å². The van der Waals surface area contributed by atoms with Crippen LogP contribution in [0, 0.1) is 5.82 Å². The van der Waals surface area contributed by atoms with Gasteiger partial charge in [-0.1, -0.05) is 0 Å². The molecular weight excluding hydrogens is 169 g/mol. The van der Waals surface area contributed by atoms with Gasteiger partial charge in [-0.3, -0.25) is 0 Å². The van der Waals surface area contributed by atoms with E-state index in [4.69, 9.17) is 5.73 Å². The number of halogens is 1. The second kappa shape index (κ2) is 2.70. The van der Waals surface area contributed by atoms with Crippen LogP contribution in [0.3, 0.4) is 0 Å². The molecule has 2 rings (SSSR count). The summed E-state index contributed by atoms with van der Waals surface area (Å²) in [4.78, 5) is 0. The minimum absolute atomic E-state index is 0.343. The van der Waals surface area contributed by atoms with Crippen molar-refractivity contribution in [3.8, 4) is 0 Å². The Labute approximate surface area is 76.2 Å². The quantitative estimate of drug-likeness (QED) is 0.649. The molecular formula is C10H12FNO. The van der Waals surface area contributed by atoms with Crippen molar-refractivity contribution in [2.75, 3.05) is 5.73 Å². The third-order valence-corrected chi connectivity index (χ3v) is 2.70. The molecule has 1 saturated carbocycles. The Balaban J connectivity index is 2.43. The zero-order valence-corrected chi connectivity index (χ0v) is 7.26. The molecule has 0 unspecified atom stereocenters. The van der Waals surface area contributed by atoms with E-state index in [2.05, 4.69) is 0 Å². The van der Waals surface area contributed by atoms with Crippen LogP contribution in [0.2, 0.25) is 0 Å². The van der Waals surface area contributed by atoms with Crippen LogP contribution in [0.25, 0.3) is 0 Å². The normalized spacial score (nSPS) is 19.5. The average Bonchev–Trinajstić information content (AvgIpc) is 2.05. The first kappa shape index (κ1) is 8.51. The molecule has 0 heterocycles. The van der Waals surface area contributed by atoms with Gasteiger partial charge in [-0.2, -0.15) is 0 Å². The minimum atomic E-state index is -0.869. The van der Waals surface area contributed by atoms with Gasteiger partial charge in [0.25, 0.3) is 0 Å². The molecule has 0 bridgehead atoms. The van der Waals surface area contributed by atoms with Crippen LogP contribution in [0.5, 0.6) is 0 Å². The van der Waals surface area contributed by atoms with Gasteiger partial charge in [0, 0.05) is 11.3 Å². The molecule has 1 aliphatic carbocycles. The molecule has 0 atom stereocenters. The van der Waals surface area contributed by atoms with Gasteiger partial charge in [0.2, 0.25) is 0 Å². The van der Waals surface area contributed by atoms with Gasteiger partial charge in [-0.25, -0.2) is 4.39 Å². The van der Waals surface area contributed by atoms with Crippen molar-refractivity contribution in [1.82, 2.24) is 0 Å². The molecule has 0 spiro atoms. The third-order valence-electron chi connectivity index (χ3n) is 2.70. The molecule has 2 nitrogen and oxygen atoms in total. The van der Waals surface area contributed by atoms with Gasteiger partial charge in [-0.05, 0) is 37.5 Å². The number of rotatable bonds is 1. The molecule has 1 aliphatic rings. The molecule has 0 amide bonds. The van der Waals surface area contributed by atoms with Gasteiger partial charge >= 0.3 is 0 Å². The fourth-order valence-corrected chi connectivity index (χ4v) is 1.71. The van der Waals surface area contributed by atoms with E-state index in [-0.39, 0.29) is 5.82 Å². The Morgan fingerprint density at radius 3 is 2.62 bits per heavy atom. The maximum atomic E-state index is 12.9. The molecule has 1 aromatic rings. The Morgan fingerprint density at radius 1 is 1.38 bits per heavy atom. The Morgan fingerprint density at radius 2 is 2.08 bits per heavy atom. The molecule has 0 aromatic heterocycles. The van der Waals surface area contributed by atoms with Crippen molar-refractivity contribution in [2.45, 2.75) is 24.9 Å². The number of aliphatic hydroxyl groups is 1.